The number of phosphoric ester groups is 2. The smallest absolute Gasteiger partial charge is 0.462 e. The number of unbranched alkanes of at least 4 members (excludes halogenated alkanes) is 49. The Morgan fingerprint density at radius 2 is 0.465 bits per heavy atom. The number of carbonyl (C=O) groups excluding carboxylic acids is 4. The third-order valence-corrected chi connectivity index (χ3v) is 20.6. The van der Waals surface area contributed by atoms with E-state index in [-0.39, 0.29) is 25.7 Å². The lowest BCUT2D eigenvalue weighted by Gasteiger charge is -2.21. The quantitative estimate of drug-likeness (QED) is 0.0222. The minimum absolute atomic E-state index is 0.103. The third kappa shape index (κ3) is 74.1. The van der Waals surface area contributed by atoms with Gasteiger partial charge in [0.25, 0.3) is 0 Å². The average molecular weight is 1450 g/mol. The van der Waals surface area contributed by atoms with Gasteiger partial charge in [0.1, 0.15) is 19.3 Å². The van der Waals surface area contributed by atoms with Crippen LogP contribution in [0.5, 0.6) is 0 Å². The van der Waals surface area contributed by atoms with Crippen molar-refractivity contribution >= 4 is 39.5 Å². The Kier molecular flexibility index (Phi) is 70.3. The first-order valence-electron chi connectivity index (χ1n) is 41.5. The minimum atomic E-state index is -4.96. The monoisotopic (exact) mass is 1450 g/mol. The molecule has 0 aliphatic heterocycles. The highest BCUT2D eigenvalue weighted by atomic mass is 31.2. The van der Waals surface area contributed by atoms with Gasteiger partial charge in [0.05, 0.1) is 26.4 Å². The summed E-state index contributed by atoms with van der Waals surface area (Å²) in [7, 11) is -9.91. The van der Waals surface area contributed by atoms with Crippen LogP contribution in [0, 0.1) is 11.8 Å². The lowest BCUT2D eigenvalue weighted by molar-refractivity contribution is -0.161. The molecule has 0 bridgehead atoms. The van der Waals surface area contributed by atoms with E-state index in [0.717, 1.165) is 109 Å². The van der Waals surface area contributed by atoms with Crippen molar-refractivity contribution in [1.82, 2.24) is 0 Å². The van der Waals surface area contributed by atoms with E-state index in [9.17, 15) is 43.2 Å². The van der Waals surface area contributed by atoms with E-state index in [4.69, 9.17) is 37.0 Å². The van der Waals surface area contributed by atoms with E-state index in [2.05, 4.69) is 41.5 Å². The van der Waals surface area contributed by atoms with Crippen LogP contribution in [0.3, 0.4) is 0 Å². The lowest BCUT2D eigenvalue weighted by Crippen LogP contribution is -2.30. The molecule has 2 unspecified atom stereocenters. The Hall–Kier alpha value is -1.94. The normalized spacial score (nSPS) is 13.9. The number of esters is 4. The largest absolute Gasteiger partial charge is 0.472 e. The van der Waals surface area contributed by atoms with Gasteiger partial charge in [-0.1, -0.05) is 369 Å². The van der Waals surface area contributed by atoms with Gasteiger partial charge < -0.3 is 33.8 Å². The van der Waals surface area contributed by atoms with Crippen LogP contribution in [-0.2, 0) is 65.4 Å². The highest BCUT2D eigenvalue weighted by molar-refractivity contribution is 7.47. The van der Waals surface area contributed by atoms with Crippen LogP contribution in [0.4, 0.5) is 0 Å². The number of rotatable bonds is 79. The number of hydrogen-bond acceptors (Lipinski definition) is 15. The van der Waals surface area contributed by atoms with Crippen molar-refractivity contribution in [3.8, 4) is 0 Å². The van der Waals surface area contributed by atoms with Crippen LogP contribution >= 0.6 is 15.6 Å². The summed E-state index contributed by atoms with van der Waals surface area (Å²) >= 11 is 0. The molecule has 17 nitrogen and oxygen atoms in total. The Bertz CT molecular complexity index is 1910. The fourth-order valence-corrected chi connectivity index (χ4v) is 13.9. The van der Waals surface area contributed by atoms with Crippen molar-refractivity contribution in [3.63, 3.8) is 0 Å². The highest BCUT2D eigenvalue weighted by Gasteiger charge is 2.30. The van der Waals surface area contributed by atoms with E-state index in [0.29, 0.717) is 31.6 Å². The third-order valence-electron chi connectivity index (χ3n) is 18.7. The summed E-state index contributed by atoms with van der Waals surface area (Å²) in [6.07, 6.45) is 61.6. The lowest BCUT2D eigenvalue weighted by atomic mass is 10.0. The highest BCUT2D eigenvalue weighted by Crippen LogP contribution is 2.45. The Labute approximate surface area is 607 Å². The van der Waals surface area contributed by atoms with E-state index in [1.807, 2.05) is 0 Å². The van der Waals surface area contributed by atoms with Crippen molar-refractivity contribution in [3.05, 3.63) is 0 Å². The van der Waals surface area contributed by atoms with Crippen molar-refractivity contribution < 1.29 is 80.2 Å². The molecule has 0 aromatic rings. The second-order valence-electron chi connectivity index (χ2n) is 29.8. The molecule has 0 rings (SSSR count). The van der Waals surface area contributed by atoms with Crippen LogP contribution < -0.4 is 0 Å². The summed E-state index contributed by atoms with van der Waals surface area (Å²) in [4.78, 5) is 72.7. The van der Waals surface area contributed by atoms with Crippen LogP contribution in [-0.4, -0.2) is 96.7 Å². The van der Waals surface area contributed by atoms with Crippen LogP contribution in [0.2, 0.25) is 0 Å². The second kappa shape index (κ2) is 71.7. The molecule has 0 aliphatic carbocycles. The van der Waals surface area contributed by atoms with Gasteiger partial charge in [-0.05, 0) is 37.5 Å². The summed E-state index contributed by atoms with van der Waals surface area (Å²) in [6, 6.07) is 0. The van der Waals surface area contributed by atoms with Gasteiger partial charge in [-0.25, -0.2) is 9.13 Å². The Morgan fingerprint density at radius 3 is 0.687 bits per heavy atom. The molecule has 0 amide bonds. The fraction of sp³-hybridized carbons (Fsp3) is 0.950. The molecule has 3 N–H and O–H groups in total. The summed E-state index contributed by atoms with van der Waals surface area (Å²) < 4.78 is 68.5. The van der Waals surface area contributed by atoms with Gasteiger partial charge in [0, 0.05) is 25.7 Å². The standard InChI is InChI=1S/C80H156O17P2/c1-7-9-11-13-15-16-17-18-19-20-21-22-23-27-30-33-36-39-45-51-57-63-78(83)91-69-76(96-79(84)64-58-52-46-40-37-34-31-28-25-24-26-29-32-35-38-43-48-54-60-72(3)4)71-95-99(88,89)93-67-74(81)66-92-98(86,87)94-70-75(68-90-77(82)62-56-50-42-14-12-10-8-2)97-80(85)65-59-53-47-41-44-49-55-61-73(5)6/h72-76,81H,7-71H2,1-6H3,(H,86,87)(H,88,89)/t74-,75+,76+/m0/s1. The summed E-state index contributed by atoms with van der Waals surface area (Å²) in [5.74, 6) is -0.603. The summed E-state index contributed by atoms with van der Waals surface area (Å²) in [5.41, 5.74) is 0. The molecule has 0 fully saturated rings. The van der Waals surface area contributed by atoms with Gasteiger partial charge >= 0.3 is 39.5 Å². The topological polar surface area (TPSA) is 237 Å². The molecular weight excluding hydrogens is 1290 g/mol. The van der Waals surface area contributed by atoms with Crippen LogP contribution in [0.1, 0.15) is 420 Å². The van der Waals surface area contributed by atoms with Gasteiger partial charge in [-0.3, -0.25) is 37.3 Å². The maximum Gasteiger partial charge on any atom is 0.472 e. The fourth-order valence-electron chi connectivity index (χ4n) is 12.4. The average Bonchev–Trinajstić information content (AvgIpc) is 0.961. The Morgan fingerprint density at radius 1 is 0.273 bits per heavy atom. The molecule has 0 spiro atoms. The van der Waals surface area contributed by atoms with Gasteiger partial charge in [-0.2, -0.15) is 0 Å². The molecule has 99 heavy (non-hydrogen) atoms. The first kappa shape index (κ1) is 97.1. The molecule has 0 saturated heterocycles. The number of hydrogen-bond donors (Lipinski definition) is 3. The number of ether oxygens (including phenoxy) is 4. The zero-order chi connectivity index (χ0) is 72.8. The molecule has 0 aromatic heterocycles. The first-order valence-corrected chi connectivity index (χ1v) is 44.5. The molecule has 0 aromatic carbocycles. The Balaban J connectivity index is 5.13. The molecular formula is C80H156O17P2. The number of carbonyl (C=O) groups is 4. The SMILES string of the molecule is CCCCCCCCCCCCCCCCCCCCCCCC(=O)OC[C@H](COP(=O)(O)OC[C@@H](O)COP(=O)(O)OC[C@@H](COC(=O)CCCCCCCCC)OC(=O)CCCCCCCCCC(C)C)OC(=O)CCCCCCCCCCCCCCCCCCCCC(C)C. The maximum absolute atomic E-state index is 13.1. The summed E-state index contributed by atoms with van der Waals surface area (Å²) in [5, 5.41) is 10.6. The molecule has 0 aliphatic rings. The van der Waals surface area contributed by atoms with Crippen molar-refractivity contribution in [2.24, 2.45) is 11.8 Å². The predicted octanol–water partition coefficient (Wildman–Crippen LogP) is 23.9. The molecule has 0 saturated carbocycles. The zero-order valence-electron chi connectivity index (χ0n) is 64.8. The summed E-state index contributed by atoms with van der Waals surface area (Å²) in [6.45, 7) is 9.54. The van der Waals surface area contributed by atoms with Gasteiger partial charge in [0.2, 0.25) is 0 Å². The van der Waals surface area contributed by atoms with Crippen LogP contribution in [0.15, 0.2) is 0 Å². The number of phosphoric acid groups is 2. The van der Waals surface area contributed by atoms with E-state index in [1.54, 1.807) is 0 Å². The minimum Gasteiger partial charge on any atom is -0.462 e. The molecule has 588 valence electrons. The van der Waals surface area contributed by atoms with Crippen LogP contribution in [0.25, 0.3) is 0 Å². The first-order chi connectivity index (χ1) is 47.9. The van der Waals surface area contributed by atoms with Crippen molar-refractivity contribution in [1.29, 1.82) is 0 Å². The van der Waals surface area contributed by atoms with E-state index in [1.165, 1.54) is 225 Å². The molecule has 19 heteroatoms. The zero-order valence-corrected chi connectivity index (χ0v) is 66.6. The van der Waals surface area contributed by atoms with E-state index < -0.39 is 97.5 Å². The molecule has 5 atom stereocenters. The molecule has 0 heterocycles. The van der Waals surface area contributed by atoms with Crippen molar-refractivity contribution in [2.45, 2.75) is 439 Å². The second-order valence-corrected chi connectivity index (χ2v) is 32.7. The van der Waals surface area contributed by atoms with Crippen molar-refractivity contribution in [2.75, 3.05) is 39.6 Å². The maximum atomic E-state index is 13.1. The number of aliphatic hydroxyl groups excluding tert-OH is 1. The molecule has 0 radical (unpaired) electrons. The van der Waals surface area contributed by atoms with Gasteiger partial charge in [0.15, 0.2) is 12.2 Å². The number of aliphatic hydroxyl groups is 1. The van der Waals surface area contributed by atoms with E-state index >= 15 is 0 Å². The van der Waals surface area contributed by atoms with Gasteiger partial charge in [-0.15, -0.1) is 0 Å². The predicted molar refractivity (Wildman–Crippen MR) is 405 cm³/mol.